The van der Waals surface area contributed by atoms with Crippen LogP contribution in [0.3, 0.4) is 0 Å². The Labute approximate surface area is 196 Å². The van der Waals surface area contributed by atoms with E-state index in [1.165, 1.54) is 12.1 Å². The highest BCUT2D eigenvalue weighted by Gasteiger charge is 2.31. The molecule has 5 rings (SSSR count). The predicted molar refractivity (Wildman–Crippen MR) is 122 cm³/mol. The lowest BCUT2D eigenvalue weighted by Gasteiger charge is -2.31. The van der Waals surface area contributed by atoms with Gasteiger partial charge in [0, 0.05) is 42.9 Å². The molecular weight excluding hydrogens is 440 g/mol. The zero-order valence-electron chi connectivity index (χ0n) is 18.8. The number of aliphatic carboxylic acids is 1. The number of pyridine rings is 1. The van der Waals surface area contributed by atoms with Crippen molar-refractivity contribution in [1.29, 1.82) is 0 Å². The molecule has 1 amide bonds. The molecule has 3 aromatic rings. The monoisotopic (exact) mass is 467 g/mol. The van der Waals surface area contributed by atoms with Crippen LogP contribution in [0.25, 0.3) is 11.0 Å². The van der Waals surface area contributed by atoms with Crippen LogP contribution in [0.2, 0.25) is 0 Å². The van der Waals surface area contributed by atoms with Crippen molar-refractivity contribution in [2.75, 3.05) is 6.54 Å². The molecule has 0 saturated heterocycles. The van der Waals surface area contributed by atoms with Gasteiger partial charge in [-0.15, -0.1) is 0 Å². The van der Waals surface area contributed by atoms with Crippen molar-refractivity contribution in [3.05, 3.63) is 65.0 Å². The zero-order chi connectivity index (χ0) is 23.8. The first-order valence-electron chi connectivity index (χ1n) is 11.8. The number of fused-ring (bicyclic) bond motifs is 3. The third-order valence-corrected chi connectivity index (χ3v) is 7.29. The van der Waals surface area contributed by atoms with E-state index in [1.54, 1.807) is 6.20 Å². The number of aromatic nitrogens is 2. The quantitative estimate of drug-likeness (QED) is 0.598. The molecule has 1 aliphatic heterocycles. The van der Waals surface area contributed by atoms with E-state index < -0.39 is 17.6 Å². The van der Waals surface area contributed by atoms with E-state index in [0.717, 1.165) is 41.2 Å². The summed E-state index contributed by atoms with van der Waals surface area (Å²) >= 11 is 0. The molecule has 1 aromatic carbocycles. The van der Waals surface area contributed by atoms with E-state index in [9.17, 15) is 23.5 Å². The summed E-state index contributed by atoms with van der Waals surface area (Å²) in [6.45, 7) is 1.30. The fourth-order valence-electron chi connectivity index (χ4n) is 5.52. The number of benzene rings is 1. The van der Waals surface area contributed by atoms with Gasteiger partial charge in [-0.3, -0.25) is 9.59 Å². The van der Waals surface area contributed by atoms with Gasteiger partial charge in [-0.05, 0) is 73.4 Å². The van der Waals surface area contributed by atoms with E-state index >= 15 is 0 Å². The molecule has 178 valence electrons. The minimum atomic E-state index is -0.743. The van der Waals surface area contributed by atoms with Crippen molar-refractivity contribution in [2.45, 2.75) is 51.6 Å². The zero-order valence-corrected chi connectivity index (χ0v) is 18.8. The summed E-state index contributed by atoms with van der Waals surface area (Å²) in [6.07, 6.45) is 5.60. The van der Waals surface area contributed by atoms with Crippen molar-refractivity contribution < 1.29 is 23.5 Å². The van der Waals surface area contributed by atoms with Crippen LogP contribution in [0.15, 0.2) is 36.5 Å². The van der Waals surface area contributed by atoms with Gasteiger partial charge in [0.25, 0.3) is 0 Å². The van der Waals surface area contributed by atoms with Crippen LogP contribution in [-0.2, 0) is 29.1 Å². The lowest BCUT2D eigenvalue weighted by Crippen LogP contribution is -2.38. The van der Waals surface area contributed by atoms with E-state index in [2.05, 4.69) is 4.98 Å². The Bertz CT molecular complexity index is 1230. The number of carbonyl (C=O) groups excluding carboxylic acids is 1. The maximum atomic E-state index is 13.8. The SMILES string of the molecule is O=C(C[C@H]1CC[C@@H](C(=O)O)CC1)N1CCc2c(n(Cc3cc(F)cc(F)c3)c3ncccc23)C1. The molecule has 0 bridgehead atoms. The summed E-state index contributed by atoms with van der Waals surface area (Å²) in [5, 5.41) is 10.2. The molecule has 0 atom stereocenters. The first-order valence-corrected chi connectivity index (χ1v) is 11.8. The summed E-state index contributed by atoms with van der Waals surface area (Å²) < 4.78 is 29.6. The molecule has 1 saturated carbocycles. The van der Waals surface area contributed by atoms with Crippen LogP contribution in [0, 0.1) is 23.5 Å². The molecular formula is C26H27F2N3O3. The maximum Gasteiger partial charge on any atom is 0.306 e. The predicted octanol–water partition coefficient (Wildman–Crippen LogP) is 4.53. The third kappa shape index (κ3) is 4.41. The largest absolute Gasteiger partial charge is 0.481 e. The van der Waals surface area contributed by atoms with Crippen molar-refractivity contribution in [2.24, 2.45) is 11.8 Å². The number of carbonyl (C=O) groups is 2. The van der Waals surface area contributed by atoms with Gasteiger partial charge in [0.2, 0.25) is 5.91 Å². The fourth-order valence-corrected chi connectivity index (χ4v) is 5.52. The Morgan fingerprint density at radius 1 is 1.09 bits per heavy atom. The number of carboxylic acids is 1. The Balaban J connectivity index is 1.37. The summed E-state index contributed by atoms with van der Waals surface area (Å²) in [7, 11) is 0. The highest BCUT2D eigenvalue weighted by Crippen LogP contribution is 2.34. The van der Waals surface area contributed by atoms with E-state index in [4.69, 9.17) is 0 Å². The van der Waals surface area contributed by atoms with Gasteiger partial charge in [-0.1, -0.05) is 0 Å². The van der Waals surface area contributed by atoms with Crippen LogP contribution < -0.4 is 0 Å². The number of carboxylic acid groups (broad SMARTS) is 1. The van der Waals surface area contributed by atoms with E-state index in [1.807, 2.05) is 21.6 Å². The fraction of sp³-hybridized carbons (Fsp3) is 0.423. The van der Waals surface area contributed by atoms with Crippen LogP contribution in [0.1, 0.15) is 48.9 Å². The summed E-state index contributed by atoms with van der Waals surface area (Å²) in [5.41, 5.74) is 3.33. The summed E-state index contributed by atoms with van der Waals surface area (Å²) in [5.74, 6) is -1.99. The first kappa shape index (κ1) is 22.5. The van der Waals surface area contributed by atoms with Gasteiger partial charge in [0.1, 0.15) is 17.3 Å². The Morgan fingerprint density at radius 2 is 1.82 bits per heavy atom. The van der Waals surface area contributed by atoms with Crippen molar-refractivity contribution >= 4 is 22.9 Å². The number of amides is 1. The Kier molecular flexibility index (Phi) is 6.06. The van der Waals surface area contributed by atoms with Gasteiger partial charge in [-0.25, -0.2) is 13.8 Å². The molecule has 8 heteroatoms. The van der Waals surface area contributed by atoms with Crippen LogP contribution in [0.4, 0.5) is 8.78 Å². The molecule has 1 fully saturated rings. The van der Waals surface area contributed by atoms with Gasteiger partial charge in [-0.2, -0.15) is 0 Å². The lowest BCUT2D eigenvalue weighted by molar-refractivity contribution is -0.143. The number of nitrogens with zero attached hydrogens (tertiary/aromatic N) is 3. The smallest absolute Gasteiger partial charge is 0.306 e. The molecule has 0 radical (unpaired) electrons. The minimum Gasteiger partial charge on any atom is -0.481 e. The van der Waals surface area contributed by atoms with Gasteiger partial charge >= 0.3 is 5.97 Å². The van der Waals surface area contributed by atoms with E-state index in [0.29, 0.717) is 44.3 Å². The number of rotatable bonds is 5. The van der Waals surface area contributed by atoms with Crippen LogP contribution in [-0.4, -0.2) is 38.0 Å². The number of halogens is 2. The number of hydrogen-bond acceptors (Lipinski definition) is 3. The average molecular weight is 468 g/mol. The molecule has 3 heterocycles. The van der Waals surface area contributed by atoms with Gasteiger partial charge < -0.3 is 14.6 Å². The maximum absolute atomic E-state index is 13.8. The topological polar surface area (TPSA) is 75.4 Å². The Hall–Kier alpha value is -3.29. The summed E-state index contributed by atoms with van der Waals surface area (Å²) in [6, 6.07) is 7.38. The standard InChI is InChI=1S/C26H27F2N3O3/c27-19-10-17(11-20(28)13-19)14-31-23-15-30(9-7-21(23)22-2-1-8-29-25(22)31)24(32)12-16-3-5-18(6-4-16)26(33)34/h1-2,8,10-11,13,16,18H,3-7,9,12,14-15H2,(H,33,34)/t16-,18+. The second-order valence-electron chi connectivity index (χ2n) is 9.49. The summed E-state index contributed by atoms with van der Waals surface area (Å²) in [4.78, 5) is 30.7. The lowest BCUT2D eigenvalue weighted by atomic mass is 9.80. The molecule has 2 aromatic heterocycles. The third-order valence-electron chi connectivity index (χ3n) is 7.29. The second-order valence-corrected chi connectivity index (χ2v) is 9.49. The van der Waals surface area contributed by atoms with E-state index in [-0.39, 0.29) is 24.3 Å². The second kappa shape index (κ2) is 9.16. The van der Waals surface area contributed by atoms with Crippen molar-refractivity contribution in [3.63, 3.8) is 0 Å². The van der Waals surface area contributed by atoms with Crippen LogP contribution >= 0.6 is 0 Å². The normalized spacial score (nSPS) is 20.4. The average Bonchev–Trinajstić information content (AvgIpc) is 3.12. The highest BCUT2D eigenvalue weighted by atomic mass is 19.1. The molecule has 0 spiro atoms. The van der Waals surface area contributed by atoms with Crippen molar-refractivity contribution in [3.8, 4) is 0 Å². The van der Waals surface area contributed by atoms with Crippen molar-refractivity contribution in [1.82, 2.24) is 14.5 Å². The molecule has 2 aliphatic rings. The number of hydrogen-bond donors (Lipinski definition) is 1. The molecule has 1 aliphatic carbocycles. The molecule has 0 unspecified atom stereocenters. The Morgan fingerprint density at radius 3 is 2.53 bits per heavy atom. The molecule has 6 nitrogen and oxygen atoms in total. The highest BCUT2D eigenvalue weighted by molar-refractivity contribution is 5.84. The first-order chi connectivity index (χ1) is 16.4. The van der Waals surface area contributed by atoms with Gasteiger partial charge in [0.15, 0.2) is 0 Å². The minimum absolute atomic E-state index is 0.0750. The van der Waals surface area contributed by atoms with Gasteiger partial charge in [0.05, 0.1) is 12.5 Å². The van der Waals surface area contributed by atoms with Crippen LogP contribution in [0.5, 0.6) is 0 Å². The molecule has 34 heavy (non-hydrogen) atoms. The molecule has 1 N–H and O–H groups in total.